The number of amides is 2. The third-order valence-corrected chi connectivity index (χ3v) is 8.71. The number of carbonyl (C=O) groups excluding carboxylic acids is 2. The van der Waals surface area contributed by atoms with Crippen LogP contribution in [0.1, 0.15) is 25.0 Å². The number of rotatable bonds is 13. The van der Waals surface area contributed by atoms with Gasteiger partial charge in [-0.15, -0.1) is 0 Å². The van der Waals surface area contributed by atoms with E-state index in [2.05, 4.69) is 5.32 Å². The lowest BCUT2D eigenvalue weighted by atomic mass is 10.0. The van der Waals surface area contributed by atoms with Crippen molar-refractivity contribution in [3.63, 3.8) is 0 Å². The number of para-hydroxylation sites is 2. The summed E-state index contributed by atoms with van der Waals surface area (Å²) in [6, 6.07) is 28.0. The molecule has 1 unspecified atom stereocenters. The van der Waals surface area contributed by atoms with Gasteiger partial charge in [-0.2, -0.15) is 0 Å². The average molecular weight is 618 g/mol. The van der Waals surface area contributed by atoms with Crippen molar-refractivity contribution >= 4 is 27.5 Å². The van der Waals surface area contributed by atoms with E-state index >= 15 is 0 Å². The van der Waals surface area contributed by atoms with Gasteiger partial charge in [-0.1, -0.05) is 72.8 Å². The average Bonchev–Trinajstić information content (AvgIpc) is 3.02. The molecular formula is C34H36FN3O5S. The Balaban J connectivity index is 1.82. The Labute approximate surface area is 258 Å². The summed E-state index contributed by atoms with van der Waals surface area (Å²) in [5.74, 6) is -1.21. The summed E-state index contributed by atoms with van der Waals surface area (Å²) in [5.41, 5.74) is 1.55. The Kier molecular flexibility index (Phi) is 10.7. The molecule has 1 atom stereocenters. The SMILES string of the molecule is COc1ccccc1N(CC(=O)N(Cc1ccc(F)cc1)C(Cc1ccccc1)C(=O)NC(C)C)S(=O)(=O)c1ccccc1. The van der Waals surface area contributed by atoms with Crippen molar-refractivity contribution in [1.29, 1.82) is 0 Å². The van der Waals surface area contributed by atoms with Gasteiger partial charge in [0.15, 0.2) is 0 Å². The summed E-state index contributed by atoms with van der Waals surface area (Å²) in [5, 5.41) is 2.91. The van der Waals surface area contributed by atoms with Crippen LogP contribution in [0.2, 0.25) is 0 Å². The van der Waals surface area contributed by atoms with Gasteiger partial charge < -0.3 is 15.0 Å². The Morgan fingerprint density at radius 3 is 2.02 bits per heavy atom. The monoisotopic (exact) mass is 617 g/mol. The topological polar surface area (TPSA) is 96.0 Å². The molecule has 0 radical (unpaired) electrons. The molecule has 44 heavy (non-hydrogen) atoms. The molecule has 0 fully saturated rings. The summed E-state index contributed by atoms with van der Waals surface area (Å²) < 4.78 is 48.4. The van der Waals surface area contributed by atoms with Crippen LogP contribution >= 0.6 is 0 Å². The summed E-state index contributed by atoms with van der Waals surface area (Å²) in [4.78, 5) is 29.5. The Morgan fingerprint density at radius 1 is 0.818 bits per heavy atom. The summed E-state index contributed by atoms with van der Waals surface area (Å²) in [7, 11) is -2.84. The lowest BCUT2D eigenvalue weighted by Crippen LogP contribution is -2.54. The molecule has 4 aromatic carbocycles. The van der Waals surface area contributed by atoms with E-state index in [1.165, 1.54) is 48.4 Å². The number of nitrogens with zero attached hydrogens (tertiary/aromatic N) is 2. The minimum absolute atomic E-state index is 0.0119. The zero-order valence-corrected chi connectivity index (χ0v) is 25.7. The number of benzene rings is 4. The first-order valence-corrected chi connectivity index (χ1v) is 15.6. The molecule has 4 aromatic rings. The molecule has 10 heteroatoms. The van der Waals surface area contributed by atoms with Gasteiger partial charge in [0.2, 0.25) is 11.8 Å². The number of nitrogens with one attached hydrogen (secondary N) is 1. The molecular weight excluding hydrogens is 581 g/mol. The van der Waals surface area contributed by atoms with Crippen LogP contribution in [0, 0.1) is 5.82 Å². The van der Waals surface area contributed by atoms with Crippen LogP contribution in [0.5, 0.6) is 5.75 Å². The minimum atomic E-state index is -4.26. The minimum Gasteiger partial charge on any atom is -0.495 e. The van der Waals surface area contributed by atoms with Crippen molar-refractivity contribution in [2.24, 2.45) is 0 Å². The molecule has 0 heterocycles. The fourth-order valence-electron chi connectivity index (χ4n) is 4.79. The second kappa shape index (κ2) is 14.7. The predicted molar refractivity (Wildman–Crippen MR) is 168 cm³/mol. The Hall–Kier alpha value is -4.70. The molecule has 0 saturated carbocycles. The molecule has 0 aromatic heterocycles. The zero-order valence-electron chi connectivity index (χ0n) is 24.9. The predicted octanol–water partition coefficient (Wildman–Crippen LogP) is 5.19. The lowest BCUT2D eigenvalue weighted by Gasteiger charge is -2.34. The second-order valence-electron chi connectivity index (χ2n) is 10.5. The van der Waals surface area contributed by atoms with Gasteiger partial charge >= 0.3 is 0 Å². The van der Waals surface area contributed by atoms with E-state index in [-0.39, 0.29) is 35.3 Å². The number of carbonyl (C=O) groups is 2. The summed E-state index contributed by atoms with van der Waals surface area (Å²) in [6.07, 6.45) is 0.173. The van der Waals surface area contributed by atoms with Crippen LogP contribution in [0.4, 0.5) is 10.1 Å². The van der Waals surface area contributed by atoms with E-state index < -0.39 is 40.2 Å². The molecule has 1 N–H and O–H groups in total. The molecule has 0 bridgehead atoms. The van der Waals surface area contributed by atoms with Crippen molar-refractivity contribution in [2.45, 2.75) is 43.8 Å². The molecule has 0 aliphatic carbocycles. The number of hydrogen-bond acceptors (Lipinski definition) is 5. The molecule has 0 aliphatic rings. The first-order valence-electron chi connectivity index (χ1n) is 14.2. The number of halogens is 1. The van der Waals surface area contributed by atoms with E-state index in [0.29, 0.717) is 5.56 Å². The molecule has 0 saturated heterocycles. The first kappa shape index (κ1) is 32.2. The zero-order chi connectivity index (χ0) is 31.7. The molecule has 0 aliphatic heterocycles. The van der Waals surface area contributed by atoms with E-state index in [0.717, 1.165) is 9.87 Å². The van der Waals surface area contributed by atoms with E-state index in [4.69, 9.17) is 4.74 Å². The molecule has 2 amide bonds. The Morgan fingerprint density at radius 2 is 1.41 bits per heavy atom. The summed E-state index contributed by atoms with van der Waals surface area (Å²) in [6.45, 7) is 2.95. The number of ether oxygens (including phenoxy) is 1. The number of sulfonamides is 1. The maximum Gasteiger partial charge on any atom is 0.264 e. The maximum atomic E-state index is 14.4. The van der Waals surface area contributed by atoms with Gasteiger partial charge in [0.05, 0.1) is 17.7 Å². The maximum absolute atomic E-state index is 14.4. The highest BCUT2D eigenvalue weighted by Crippen LogP contribution is 2.32. The normalized spacial score (nSPS) is 11.9. The standard InChI is InChI=1S/C34H36FN3O5S/c1-25(2)36-34(40)31(22-26-12-6-4-7-13-26)37(23-27-18-20-28(35)21-19-27)33(39)24-38(30-16-10-11-17-32(30)43-3)44(41,42)29-14-8-5-9-15-29/h4-21,25,31H,22-24H2,1-3H3,(H,36,40). The molecule has 0 spiro atoms. The molecule has 230 valence electrons. The van der Waals surface area contributed by atoms with Gasteiger partial charge in [0.1, 0.15) is 24.2 Å². The van der Waals surface area contributed by atoms with Gasteiger partial charge in [-0.25, -0.2) is 12.8 Å². The highest BCUT2D eigenvalue weighted by atomic mass is 32.2. The third kappa shape index (κ3) is 8.02. The fraction of sp³-hybridized carbons (Fsp3) is 0.235. The van der Waals surface area contributed by atoms with Crippen LogP contribution in [0.3, 0.4) is 0 Å². The van der Waals surface area contributed by atoms with Crippen LogP contribution in [0.15, 0.2) is 114 Å². The van der Waals surface area contributed by atoms with Crippen molar-refractivity contribution in [1.82, 2.24) is 10.2 Å². The molecule has 4 rings (SSSR count). The highest BCUT2D eigenvalue weighted by molar-refractivity contribution is 7.92. The number of methoxy groups -OCH3 is 1. The smallest absolute Gasteiger partial charge is 0.264 e. The van der Waals surface area contributed by atoms with Crippen molar-refractivity contribution < 1.29 is 27.1 Å². The van der Waals surface area contributed by atoms with Gasteiger partial charge in [-0.05, 0) is 61.4 Å². The number of hydrogen-bond donors (Lipinski definition) is 1. The largest absolute Gasteiger partial charge is 0.495 e. The van der Waals surface area contributed by atoms with Gasteiger partial charge in [-0.3, -0.25) is 13.9 Å². The van der Waals surface area contributed by atoms with E-state index in [1.54, 1.807) is 42.5 Å². The van der Waals surface area contributed by atoms with Crippen LogP contribution in [-0.2, 0) is 32.6 Å². The molecule has 8 nitrogen and oxygen atoms in total. The first-order chi connectivity index (χ1) is 21.1. The Bertz CT molecular complexity index is 1650. The van der Waals surface area contributed by atoms with Crippen LogP contribution in [-0.4, -0.2) is 50.9 Å². The van der Waals surface area contributed by atoms with E-state index in [1.807, 2.05) is 44.2 Å². The van der Waals surface area contributed by atoms with Gasteiger partial charge in [0, 0.05) is 19.0 Å². The second-order valence-corrected chi connectivity index (χ2v) is 12.4. The van der Waals surface area contributed by atoms with Crippen LogP contribution < -0.4 is 14.4 Å². The number of anilines is 1. The van der Waals surface area contributed by atoms with Crippen molar-refractivity contribution in [3.05, 3.63) is 126 Å². The summed E-state index contributed by atoms with van der Waals surface area (Å²) >= 11 is 0. The van der Waals surface area contributed by atoms with Crippen molar-refractivity contribution in [2.75, 3.05) is 18.0 Å². The van der Waals surface area contributed by atoms with Crippen LogP contribution in [0.25, 0.3) is 0 Å². The lowest BCUT2D eigenvalue weighted by molar-refractivity contribution is -0.140. The fourth-order valence-corrected chi connectivity index (χ4v) is 6.24. The third-order valence-electron chi connectivity index (χ3n) is 6.93. The van der Waals surface area contributed by atoms with Gasteiger partial charge in [0.25, 0.3) is 10.0 Å². The van der Waals surface area contributed by atoms with E-state index in [9.17, 15) is 22.4 Å². The van der Waals surface area contributed by atoms with Crippen molar-refractivity contribution in [3.8, 4) is 5.75 Å². The highest BCUT2D eigenvalue weighted by Gasteiger charge is 2.35. The quantitative estimate of drug-likeness (QED) is 0.223.